The number of hydrogen-bond donors (Lipinski definition) is 0. The number of rotatable bonds is 7. The third-order valence-corrected chi connectivity index (χ3v) is 6.47. The van der Waals surface area contributed by atoms with Gasteiger partial charge in [-0.05, 0) is 24.5 Å². The SMILES string of the molecule is COc1cnc(-c2c(OC)ncnc2C2CC2)nc1Cc1ccc(-c2nc(C(F)(F)F)cn2C)cc1C(F)(F)F. The smallest absolute Gasteiger partial charge is 0.434 e. The second-order valence-corrected chi connectivity index (χ2v) is 9.23. The molecule has 0 aliphatic heterocycles. The van der Waals surface area contributed by atoms with Crippen molar-refractivity contribution >= 4 is 0 Å². The van der Waals surface area contributed by atoms with E-state index in [1.54, 1.807) is 0 Å². The van der Waals surface area contributed by atoms with E-state index in [9.17, 15) is 26.3 Å². The lowest BCUT2D eigenvalue weighted by Gasteiger charge is -2.16. The summed E-state index contributed by atoms with van der Waals surface area (Å²) >= 11 is 0. The van der Waals surface area contributed by atoms with Crippen LogP contribution in [0, 0.1) is 0 Å². The second kappa shape index (κ2) is 10.1. The Morgan fingerprint density at radius 2 is 1.70 bits per heavy atom. The largest absolute Gasteiger partial charge is 0.493 e. The molecule has 40 heavy (non-hydrogen) atoms. The van der Waals surface area contributed by atoms with Gasteiger partial charge in [-0.2, -0.15) is 26.3 Å². The molecule has 1 saturated carbocycles. The molecular weight excluding hydrogens is 542 g/mol. The Hall–Kier alpha value is -4.23. The zero-order valence-electron chi connectivity index (χ0n) is 21.4. The molecule has 0 unspecified atom stereocenters. The van der Waals surface area contributed by atoms with Gasteiger partial charge in [0.2, 0.25) is 5.88 Å². The fourth-order valence-corrected chi connectivity index (χ4v) is 4.42. The monoisotopic (exact) mass is 564 g/mol. The first-order chi connectivity index (χ1) is 18.9. The lowest BCUT2D eigenvalue weighted by atomic mass is 9.98. The van der Waals surface area contributed by atoms with Crippen LogP contribution < -0.4 is 9.47 Å². The Balaban J connectivity index is 1.58. The van der Waals surface area contributed by atoms with Crippen molar-refractivity contribution in [1.82, 2.24) is 29.5 Å². The average molecular weight is 564 g/mol. The van der Waals surface area contributed by atoms with E-state index in [-0.39, 0.29) is 52.4 Å². The van der Waals surface area contributed by atoms with Gasteiger partial charge in [0, 0.05) is 31.1 Å². The summed E-state index contributed by atoms with van der Waals surface area (Å²) in [6.45, 7) is 0. The van der Waals surface area contributed by atoms with Crippen molar-refractivity contribution in [3.8, 4) is 34.4 Å². The summed E-state index contributed by atoms with van der Waals surface area (Å²) in [5.74, 6) is 0.489. The molecule has 0 bridgehead atoms. The Bertz CT molecular complexity index is 1560. The van der Waals surface area contributed by atoms with Gasteiger partial charge in [0.25, 0.3) is 0 Å². The number of aryl methyl sites for hydroxylation is 1. The van der Waals surface area contributed by atoms with E-state index < -0.39 is 23.6 Å². The molecule has 0 N–H and O–H groups in total. The van der Waals surface area contributed by atoms with Gasteiger partial charge in [0.1, 0.15) is 17.7 Å². The maximum absolute atomic E-state index is 14.2. The Morgan fingerprint density at radius 1 is 0.950 bits per heavy atom. The van der Waals surface area contributed by atoms with E-state index in [2.05, 4.69) is 24.9 Å². The number of alkyl halides is 6. The molecule has 3 heterocycles. The molecule has 3 aromatic heterocycles. The minimum atomic E-state index is -4.82. The summed E-state index contributed by atoms with van der Waals surface area (Å²) < 4.78 is 93.8. The summed E-state index contributed by atoms with van der Waals surface area (Å²) in [5, 5.41) is 0. The first-order valence-corrected chi connectivity index (χ1v) is 12.0. The molecule has 1 aromatic carbocycles. The van der Waals surface area contributed by atoms with Gasteiger partial charge in [-0.3, -0.25) is 0 Å². The minimum absolute atomic E-state index is 0.121. The van der Waals surface area contributed by atoms with Gasteiger partial charge in [0.05, 0.1) is 37.4 Å². The van der Waals surface area contributed by atoms with Crippen LogP contribution in [0.1, 0.15) is 47.0 Å². The van der Waals surface area contributed by atoms with Crippen LogP contribution >= 0.6 is 0 Å². The molecular formula is C26H22F6N6O2. The van der Waals surface area contributed by atoms with Crippen LogP contribution in [0.2, 0.25) is 0 Å². The number of benzene rings is 1. The highest BCUT2D eigenvalue weighted by Gasteiger charge is 2.37. The molecule has 210 valence electrons. The second-order valence-electron chi connectivity index (χ2n) is 9.23. The molecule has 1 aliphatic rings. The number of methoxy groups -OCH3 is 2. The first kappa shape index (κ1) is 27.3. The van der Waals surface area contributed by atoms with E-state index in [4.69, 9.17) is 9.47 Å². The predicted octanol–water partition coefficient (Wildman–Crippen LogP) is 5.86. The van der Waals surface area contributed by atoms with Crippen molar-refractivity contribution in [3.05, 3.63) is 65.1 Å². The zero-order valence-corrected chi connectivity index (χ0v) is 21.4. The number of halogens is 6. The highest BCUT2D eigenvalue weighted by Crippen LogP contribution is 2.45. The van der Waals surface area contributed by atoms with Crippen LogP contribution in [0.3, 0.4) is 0 Å². The molecule has 1 fully saturated rings. The van der Waals surface area contributed by atoms with Gasteiger partial charge in [-0.15, -0.1) is 0 Å². The molecule has 0 radical (unpaired) electrons. The van der Waals surface area contributed by atoms with Crippen molar-refractivity contribution in [3.63, 3.8) is 0 Å². The van der Waals surface area contributed by atoms with E-state index in [1.165, 1.54) is 45.9 Å². The van der Waals surface area contributed by atoms with Crippen LogP contribution in [0.4, 0.5) is 26.3 Å². The summed E-state index contributed by atoms with van der Waals surface area (Å²) in [4.78, 5) is 20.9. The fourth-order valence-electron chi connectivity index (χ4n) is 4.42. The van der Waals surface area contributed by atoms with Crippen molar-refractivity contribution in [2.24, 2.45) is 7.05 Å². The maximum atomic E-state index is 14.2. The van der Waals surface area contributed by atoms with Gasteiger partial charge < -0.3 is 14.0 Å². The normalized spacial score (nSPS) is 13.9. The fraction of sp³-hybridized carbons (Fsp3) is 0.346. The van der Waals surface area contributed by atoms with Gasteiger partial charge in [0.15, 0.2) is 17.3 Å². The topological polar surface area (TPSA) is 87.8 Å². The lowest BCUT2D eigenvalue weighted by Crippen LogP contribution is -2.12. The van der Waals surface area contributed by atoms with Crippen LogP contribution in [0.15, 0.2) is 36.9 Å². The predicted molar refractivity (Wildman–Crippen MR) is 130 cm³/mol. The number of hydrogen-bond acceptors (Lipinski definition) is 7. The molecule has 0 spiro atoms. The van der Waals surface area contributed by atoms with Crippen molar-refractivity contribution in [2.75, 3.05) is 14.2 Å². The standard InChI is InChI=1S/C26H22F6N6O2/c1-38-11-19(26(30,31)32)37-23(38)15-7-6-14(16(8-15)25(27,28)29)9-17-18(39-2)10-33-22(36-17)20-21(13-4-5-13)34-12-35-24(20)40-3/h6-8,10-13H,4-5,9H2,1-3H3. The summed E-state index contributed by atoms with van der Waals surface area (Å²) in [6.07, 6.45) is -4.59. The van der Waals surface area contributed by atoms with Crippen LogP contribution in [0.5, 0.6) is 11.6 Å². The quantitative estimate of drug-likeness (QED) is 0.260. The molecule has 14 heteroatoms. The number of imidazole rings is 1. The highest BCUT2D eigenvalue weighted by atomic mass is 19.4. The van der Waals surface area contributed by atoms with E-state index in [0.29, 0.717) is 11.3 Å². The van der Waals surface area contributed by atoms with E-state index in [0.717, 1.165) is 29.7 Å². The summed E-state index contributed by atoms with van der Waals surface area (Å²) in [7, 11) is 4.06. The van der Waals surface area contributed by atoms with E-state index >= 15 is 0 Å². The zero-order chi connectivity index (χ0) is 28.8. The molecule has 0 amide bonds. The Labute approximate surface area is 224 Å². The lowest BCUT2D eigenvalue weighted by molar-refractivity contribution is -0.141. The molecule has 8 nitrogen and oxygen atoms in total. The third-order valence-electron chi connectivity index (χ3n) is 6.47. The molecule has 4 aromatic rings. The van der Waals surface area contributed by atoms with Crippen LogP contribution in [-0.2, 0) is 25.8 Å². The van der Waals surface area contributed by atoms with Gasteiger partial charge in [-0.1, -0.05) is 12.1 Å². The van der Waals surface area contributed by atoms with Crippen molar-refractivity contribution in [2.45, 2.75) is 37.5 Å². The summed E-state index contributed by atoms with van der Waals surface area (Å²) in [6, 6.07) is 3.27. The third kappa shape index (κ3) is 5.29. The van der Waals surface area contributed by atoms with Crippen LogP contribution in [0.25, 0.3) is 22.8 Å². The Morgan fingerprint density at radius 3 is 2.30 bits per heavy atom. The number of ether oxygens (including phenoxy) is 2. The van der Waals surface area contributed by atoms with Crippen molar-refractivity contribution < 1.29 is 35.8 Å². The molecule has 1 aliphatic carbocycles. The average Bonchev–Trinajstić information content (AvgIpc) is 3.68. The molecule has 0 saturated heterocycles. The van der Waals surface area contributed by atoms with Gasteiger partial charge in [-0.25, -0.2) is 24.9 Å². The maximum Gasteiger partial charge on any atom is 0.434 e. The van der Waals surface area contributed by atoms with Crippen molar-refractivity contribution in [1.29, 1.82) is 0 Å². The molecule has 5 rings (SSSR count). The minimum Gasteiger partial charge on any atom is -0.493 e. The highest BCUT2D eigenvalue weighted by molar-refractivity contribution is 5.66. The number of aromatic nitrogens is 6. The summed E-state index contributed by atoms with van der Waals surface area (Å²) in [5.41, 5.74) is -1.22. The molecule has 0 atom stereocenters. The van der Waals surface area contributed by atoms with Crippen LogP contribution in [-0.4, -0.2) is 43.7 Å². The van der Waals surface area contributed by atoms with Gasteiger partial charge >= 0.3 is 12.4 Å². The first-order valence-electron chi connectivity index (χ1n) is 12.0. The number of nitrogens with zero attached hydrogens (tertiary/aromatic N) is 6. The van der Waals surface area contributed by atoms with E-state index in [1.807, 2.05) is 0 Å². The Kier molecular flexibility index (Phi) is 6.88.